The molecular formula is C9H19NOS. The molecule has 1 atom stereocenters. The predicted octanol–water partition coefficient (Wildman–Crippen LogP) is 2.04. The average molecular weight is 189 g/mol. The van der Waals surface area contributed by atoms with E-state index < -0.39 is 0 Å². The second-order valence-corrected chi connectivity index (χ2v) is 3.91. The van der Waals surface area contributed by atoms with Gasteiger partial charge in [0.15, 0.2) is 0 Å². The van der Waals surface area contributed by atoms with E-state index in [9.17, 15) is 4.79 Å². The third kappa shape index (κ3) is 6.53. The fourth-order valence-electron chi connectivity index (χ4n) is 1.14. The number of carbonyl (C=O) groups is 1. The molecule has 0 aromatic heterocycles. The molecule has 1 unspecified atom stereocenters. The third-order valence-electron chi connectivity index (χ3n) is 1.68. The first-order chi connectivity index (χ1) is 5.70. The Hall–Kier alpha value is -0.180. The van der Waals surface area contributed by atoms with Crippen LogP contribution >= 0.6 is 11.8 Å². The summed E-state index contributed by atoms with van der Waals surface area (Å²) in [4.78, 5) is 10.8. The van der Waals surface area contributed by atoms with Crippen LogP contribution in [0.5, 0.6) is 0 Å². The summed E-state index contributed by atoms with van der Waals surface area (Å²) in [5.41, 5.74) is 0. The zero-order valence-corrected chi connectivity index (χ0v) is 9.04. The minimum absolute atomic E-state index is 0.0881. The first-order valence-electron chi connectivity index (χ1n) is 4.46. The molecule has 1 amide bonds. The molecule has 0 bridgehead atoms. The Kier molecular flexibility index (Phi) is 7.36. The standard InChI is InChI=1S/C9H19NOS/c1-4-5-6-9(7-12-3)10-8(2)11/h9H,4-7H2,1-3H3,(H,10,11). The summed E-state index contributed by atoms with van der Waals surface area (Å²) < 4.78 is 0. The van der Waals surface area contributed by atoms with E-state index in [1.54, 1.807) is 18.7 Å². The molecule has 12 heavy (non-hydrogen) atoms. The van der Waals surface area contributed by atoms with Gasteiger partial charge in [-0.2, -0.15) is 11.8 Å². The molecule has 0 heterocycles. The molecule has 0 aromatic carbocycles. The van der Waals surface area contributed by atoms with Gasteiger partial charge in [-0.15, -0.1) is 0 Å². The number of unbranched alkanes of at least 4 members (excludes halogenated alkanes) is 1. The average Bonchev–Trinajstić information content (AvgIpc) is 2.00. The van der Waals surface area contributed by atoms with Crippen molar-refractivity contribution in [2.75, 3.05) is 12.0 Å². The molecule has 72 valence electrons. The molecule has 0 saturated heterocycles. The molecule has 0 aliphatic carbocycles. The maximum absolute atomic E-state index is 10.8. The highest BCUT2D eigenvalue weighted by molar-refractivity contribution is 7.98. The van der Waals surface area contributed by atoms with Crippen molar-refractivity contribution >= 4 is 17.7 Å². The van der Waals surface area contributed by atoms with Crippen LogP contribution in [-0.4, -0.2) is 24.0 Å². The minimum Gasteiger partial charge on any atom is -0.353 e. The monoisotopic (exact) mass is 189 g/mol. The molecule has 0 aromatic rings. The lowest BCUT2D eigenvalue weighted by atomic mass is 10.1. The highest BCUT2D eigenvalue weighted by atomic mass is 32.2. The minimum atomic E-state index is 0.0881. The Morgan fingerprint density at radius 1 is 1.58 bits per heavy atom. The normalized spacial score (nSPS) is 12.6. The van der Waals surface area contributed by atoms with Crippen molar-refractivity contribution in [3.05, 3.63) is 0 Å². The Bertz CT molecular complexity index is 128. The van der Waals surface area contributed by atoms with Crippen LogP contribution in [0.3, 0.4) is 0 Å². The SMILES string of the molecule is CCCCC(CSC)NC(C)=O. The van der Waals surface area contributed by atoms with Gasteiger partial charge in [0.2, 0.25) is 5.91 Å². The number of hydrogen-bond acceptors (Lipinski definition) is 2. The number of carbonyl (C=O) groups excluding carboxylic acids is 1. The fraction of sp³-hybridized carbons (Fsp3) is 0.889. The van der Waals surface area contributed by atoms with E-state index in [0.29, 0.717) is 6.04 Å². The Morgan fingerprint density at radius 2 is 2.25 bits per heavy atom. The van der Waals surface area contributed by atoms with Gasteiger partial charge in [0.1, 0.15) is 0 Å². The van der Waals surface area contributed by atoms with Crippen molar-refractivity contribution in [3.63, 3.8) is 0 Å². The van der Waals surface area contributed by atoms with Crippen molar-refractivity contribution in [3.8, 4) is 0 Å². The van der Waals surface area contributed by atoms with Crippen LogP contribution in [-0.2, 0) is 4.79 Å². The van der Waals surface area contributed by atoms with Crippen LogP contribution in [0.25, 0.3) is 0 Å². The number of thioether (sulfide) groups is 1. The molecule has 0 fully saturated rings. The van der Waals surface area contributed by atoms with Crippen LogP contribution in [0.1, 0.15) is 33.1 Å². The molecular weight excluding hydrogens is 170 g/mol. The summed E-state index contributed by atoms with van der Waals surface area (Å²) in [6.07, 6.45) is 5.58. The van der Waals surface area contributed by atoms with E-state index in [0.717, 1.165) is 12.2 Å². The topological polar surface area (TPSA) is 29.1 Å². The second kappa shape index (κ2) is 7.47. The predicted molar refractivity (Wildman–Crippen MR) is 55.5 cm³/mol. The van der Waals surface area contributed by atoms with Crippen LogP contribution in [0.2, 0.25) is 0 Å². The van der Waals surface area contributed by atoms with Crippen molar-refractivity contribution in [2.24, 2.45) is 0 Å². The number of amides is 1. The first kappa shape index (κ1) is 11.8. The Morgan fingerprint density at radius 3 is 2.67 bits per heavy atom. The third-order valence-corrected chi connectivity index (χ3v) is 2.42. The van der Waals surface area contributed by atoms with Gasteiger partial charge in [-0.3, -0.25) is 4.79 Å². The van der Waals surface area contributed by atoms with Gasteiger partial charge in [-0.25, -0.2) is 0 Å². The van der Waals surface area contributed by atoms with E-state index in [2.05, 4.69) is 18.5 Å². The van der Waals surface area contributed by atoms with E-state index in [1.807, 2.05) is 0 Å². The Balaban J connectivity index is 3.61. The molecule has 0 saturated carbocycles. The van der Waals surface area contributed by atoms with Crippen LogP contribution < -0.4 is 5.32 Å². The largest absolute Gasteiger partial charge is 0.353 e. The maximum atomic E-state index is 10.8. The zero-order valence-electron chi connectivity index (χ0n) is 8.22. The first-order valence-corrected chi connectivity index (χ1v) is 5.86. The van der Waals surface area contributed by atoms with Crippen molar-refractivity contribution in [1.82, 2.24) is 5.32 Å². The van der Waals surface area contributed by atoms with Crippen molar-refractivity contribution < 1.29 is 4.79 Å². The molecule has 0 aliphatic rings. The molecule has 0 spiro atoms. The lowest BCUT2D eigenvalue weighted by molar-refractivity contribution is -0.119. The molecule has 1 N–H and O–H groups in total. The van der Waals surface area contributed by atoms with E-state index in [1.165, 1.54) is 12.8 Å². The van der Waals surface area contributed by atoms with E-state index in [-0.39, 0.29) is 5.91 Å². The molecule has 0 radical (unpaired) electrons. The number of hydrogen-bond donors (Lipinski definition) is 1. The van der Waals surface area contributed by atoms with Gasteiger partial charge in [0.25, 0.3) is 0 Å². The second-order valence-electron chi connectivity index (χ2n) is 3.00. The zero-order chi connectivity index (χ0) is 9.40. The highest BCUT2D eigenvalue weighted by Crippen LogP contribution is 2.05. The molecule has 0 aliphatic heterocycles. The van der Waals surface area contributed by atoms with Gasteiger partial charge in [0, 0.05) is 18.7 Å². The molecule has 0 rings (SSSR count). The van der Waals surface area contributed by atoms with Gasteiger partial charge in [-0.1, -0.05) is 19.8 Å². The van der Waals surface area contributed by atoms with Gasteiger partial charge in [0.05, 0.1) is 0 Å². The summed E-state index contributed by atoms with van der Waals surface area (Å²) in [7, 11) is 0. The van der Waals surface area contributed by atoms with Gasteiger partial charge >= 0.3 is 0 Å². The number of rotatable bonds is 6. The van der Waals surface area contributed by atoms with Crippen molar-refractivity contribution in [1.29, 1.82) is 0 Å². The quantitative estimate of drug-likeness (QED) is 0.693. The molecule has 3 heteroatoms. The van der Waals surface area contributed by atoms with Crippen molar-refractivity contribution in [2.45, 2.75) is 39.2 Å². The maximum Gasteiger partial charge on any atom is 0.217 e. The van der Waals surface area contributed by atoms with Crippen LogP contribution in [0.4, 0.5) is 0 Å². The summed E-state index contributed by atoms with van der Waals surface area (Å²) in [5.74, 6) is 1.12. The summed E-state index contributed by atoms with van der Waals surface area (Å²) >= 11 is 1.79. The summed E-state index contributed by atoms with van der Waals surface area (Å²) in [6.45, 7) is 3.75. The van der Waals surface area contributed by atoms with E-state index in [4.69, 9.17) is 0 Å². The molecule has 2 nitrogen and oxygen atoms in total. The van der Waals surface area contributed by atoms with Crippen LogP contribution in [0, 0.1) is 0 Å². The lowest BCUT2D eigenvalue weighted by Crippen LogP contribution is -2.34. The fourth-order valence-corrected chi connectivity index (χ4v) is 1.79. The highest BCUT2D eigenvalue weighted by Gasteiger charge is 2.07. The van der Waals surface area contributed by atoms with E-state index >= 15 is 0 Å². The Labute approximate surface area is 79.5 Å². The van der Waals surface area contributed by atoms with Gasteiger partial charge in [-0.05, 0) is 12.7 Å². The summed E-state index contributed by atoms with van der Waals surface area (Å²) in [6, 6.07) is 0.373. The lowest BCUT2D eigenvalue weighted by Gasteiger charge is -2.15. The van der Waals surface area contributed by atoms with Crippen LogP contribution in [0.15, 0.2) is 0 Å². The summed E-state index contributed by atoms with van der Waals surface area (Å²) in [5, 5.41) is 2.96. The number of nitrogens with one attached hydrogen (secondary N) is 1. The van der Waals surface area contributed by atoms with Gasteiger partial charge < -0.3 is 5.32 Å². The smallest absolute Gasteiger partial charge is 0.217 e.